The SMILES string of the molecule is CN1CCc2cc(O)ccc2C(c2c(Cl)c(Cl)cc3c2OCC3)C1. The van der Waals surface area contributed by atoms with E-state index in [9.17, 15) is 5.11 Å². The van der Waals surface area contributed by atoms with Crippen molar-refractivity contribution in [2.45, 2.75) is 18.8 Å². The number of ether oxygens (including phenoxy) is 1. The highest BCUT2D eigenvalue weighted by Gasteiger charge is 2.31. The van der Waals surface area contributed by atoms with E-state index in [1.807, 2.05) is 18.2 Å². The molecule has 1 N–H and O–H groups in total. The van der Waals surface area contributed by atoms with E-state index < -0.39 is 0 Å². The maximum atomic E-state index is 9.87. The molecule has 0 spiro atoms. The highest BCUT2D eigenvalue weighted by atomic mass is 35.5. The molecule has 0 aromatic heterocycles. The molecule has 1 unspecified atom stereocenters. The minimum atomic E-state index is 0.0751. The number of aromatic hydroxyl groups is 1. The summed E-state index contributed by atoms with van der Waals surface area (Å²) in [5.74, 6) is 1.27. The lowest BCUT2D eigenvalue weighted by atomic mass is 9.86. The van der Waals surface area contributed by atoms with E-state index in [2.05, 4.69) is 11.9 Å². The van der Waals surface area contributed by atoms with Crippen LogP contribution in [-0.4, -0.2) is 36.8 Å². The Hall–Kier alpha value is -1.42. The summed E-state index contributed by atoms with van der Waals surface area (Å²) < 4.78 is 5.92. The second-order valence-corrected chi connectivity index (χ2v) is 7.41. The normalized spacial score (nSPS) is 20.2. The molecule has 4 rings (SSSR count). The number of hydrogen-bond acceptors (Lipinski definition) is 3. The Bertz CT molecular complexity index is 806. The van der Waals surface area contributed by atoms with Gasteiger partial charge in [-0.2, -0.15) is 0 Å². The van der Waals surface area contributed by atoms with Crippen molar-refractivity contribution < 1.29 is 9.84 Å². The van der Waals surface area contributed by atoms with Crippen LogP contribution in [0.1, 0.15) is 28.2 Å². The molecule has 0 fully saturated rings. The molecule has 2 aromatic carbocycles. The van der Waals surface area contributed by atoms with E-state index >= 15 is 0 Å². The van der Waals surface area contributed by atoms with Gasteiger partial charge in [-0.25, -0.2) is 0 Å². The second kappa shape index (κ2) is 6.14. The topological polar surface area (TPSA) is 32.7 Å². The Labute approximate surface area is 151 Å². The van der Waals surface area contributed by atoms with Gasteiger partial charge < -0.3 is 14.7 Å². The van der Waals surface area contributed by atoms with Gasteiger partial charge in [-0.05, 0) is 48.4 Å². The van der Waals surface area contributed by atoms with Gasteiger partial charge in [0.1, 0.15) is 11.5 Å². The third-order valence-corrected chi connectivity index (χ3v) is 5.81. The maximum absolute atomic E-state index is 9.87. The number of rotatable bonds is 1. The summed E-state index contributed by atoms with van der Waals surface area (Å²) in [5, 5.41) is 11.0. The van der Waals surface area contributed by atoms with Crippen LogP contribution in [0, 0.1) is 0 Å². The summed E-state index contributed by atoms with van der Waals surface area (Å²) in [7, 11) is 2.11. The first-order chi connectivity index (χ1) is 11.5. The van der Waals surface area contributed by atoms with E-state index in [1.54, 1.807) is 6.07 Å². The molecule has 126 valence electrons. The van der Waals surface area contributed by atoms with Crippen molar-refractivity contribution in [1.82, 2.24) is 4.90 Å². The van der Waals surface area contributed by atoms with E-state index in [0.717, 1.165) is 48.4 Å². The Morgan fingerprint density at radius 1 is 1.17 bits per heavy atom. The average molecular weight is 364 g/mol. The molecular formula is C19H19Cl2NO2. The fourth-order valence-corrected chi connectivity index (χ4v) is 4.33. The van der Waals surface area contributed by atoms with Crippen molar-refractivity contribution in [3.05, 3.63) is 56.6 Å². The number of phenolic OH excluding ortho intramolecular Hbond substituents is 1. The van der Waals surface area contributed by atoms with E-state index in [1.165, 1.54) is 5.56 Å². The number of likely N-dealkylation sites (N-methyl/N-ethyl adjacent to an activating group) is 1. The highest BCUT2D eigenvalue weighted by molar-refractivity contribution is 6.42. The van der Waals surface area contributed by atoms with Crippen molar-refractivity contribution in [1.29, 1.82) is 0 Å². The zero-order chi connectivity index (χ0) is 16.8. The smallest absolute Gasteiger partial charge is 0.128 e. The van der Waals surface area contributed by atoms with Crippen LogP contribution in [0.3, 0.4) is 0 Å². The molecule has 0 saturated heterocycles. The predicted molar refractivity (Wildman–Crippen MR) is 96.8 cm³/mol. The summed E-state index contributed by atoms with van der Waals surface area (Å²) in [6, 6.07) is 7.54. The van der Waals surface area contributed by atoms with Crippen LogP contribution in [0.5, 0.6) is 11.5 Å². The first-order valence-corrected chi connectivity index (χ1v) is 8.94. The van der Waals surface area contributed by atoms with Gasteiger partial charge in [0, 0.05) is 31.0 Å². The first-order valence-electron chi connectivity index (χ1n) is 8.18. The summed E-state index contributed by atoms with van der Waals surface area (Å²) in [5.41, 5.74) is 4.47. The van der Waals surface area contributed by atoms with Gasteiger partial charge in [0.15, 0.2) is 0 Å². The predicted octanol–water partition coefficient (Wildman–Crippen LogP) is 4.25. The lowest BCUT2D eigenvalue weighted by Crippen LogP contribution is -2.24. The highest BCUT2D eigenvalue weighted by Crippen LogP contribution is 2.46. The fraction of sp³-hybridized carbons (Fsp3) is 0.368. The zero-order valence-corrected chi connectivity index (χ0v) is 15.0. The van der Waals surface area contributed by atoms with Gasteiger partial charge in [0.25, 0.3) is 0 Å². The quantitative estimate of drug-likeness (QED) is 0.821. The molecule has 24 heavy (non-hydrogen) atoms. The molecule has 0 bridgehead atoms. The number of hydrogen-bond donors (Lipinski definition) is 1. The third kappa shape index (κ3) is 2.65. The Morgan fingerprint density at radius 2 is 2.00 bits per heavy atom. The summed E-state index contributed by atoms with van der Waals surface area (Å²) in [4.78, 5) is 2.29. The molecule has 2 heterocycles. The molecule has 2 aliphatic rings. The molecule has 2 aromatic rings. The molecule has 3 nitrogen and oxygen atoms in total. The Morgan fingerprint density at radius 3 is 2.83 bits per heavy atom. The van der Waals surface area contributed by atoms with Crippen LogP contribution >= 0.6 is 23.2 Å². The molecule has 5 heteroatoms. The van der Waals surface area contributed by atoms with Crippen molar-refractivity contribution in [3.8, 4) is 11.5 Å². The van der Waals surface area contributed by atoms with Gasteiger partial charge in [-0.15, -0.1) is 0 Å². The molecule has 0 radical (unpaired) electrons. The third-order valence-electron chi connectivity index (χ3n) is 5.01. The van der Waals surface area contributed by atoms with Gasteiger partial charge in [0.2, 0.25) is 0 Å². The zero-order valence-electron chi connectivity index (χ0n) is 13.5. The van der Waals surface area contributed by atoms with E-state index in [-0.39, 0.29) is 5.92 Å². The molecule has 2 aliphatic heterocycles. The van der Waals surface area contributed by atoms with Crippen molar-refractivity contribution in [2.75, 3.05) is 26.7 Å². The lowest BCUT2D eigenvalue weighted by molar-refractivity contribution is 0.327. The first kappa shape index (κ1) is 16.1. The van der Waals surface area contributed by atoms with Crippen LogP contribution in [0.15, 0.2) is 24.3 Å². The molecule has 0 aliphatic carbocycles. The molecular weight excluding hydrogens is 345 g/mol. The number of nitrogens with zero attached hydrogens (tertiary/aromatic N) is 1. The van der Waals surface area contributed by atoms with E-state index in [0.29, 0.717) is 22.4 Å². The lowest BCUT2D eigenvalue weighted by Gasteiger charge is -2.25. The number of benzene rings is 2. The Kier molecular flexibility index (Phi) is 4.11. The van der Waals surface area contributed by atoms with Gasteiger partial charge in [-0.1, -0.05) is 29.3 Å². The largest absolute Gasteiger partial charge is 0.508 e. The Balaban J connectivity index is 1.93. The van der Waals surface area contributed by atoms with Crippen LogP contribution in [0.4, 0.5) is 0 Å². The fourth-order valence-electron chi connectivity index (χ4n) is 3.82. The number of halogens is 2. The van der Waals surface area contributed by atoms with Gasteiger partial charge >= 0.3 is 0 Å². The van der Waals surface area contributed by atoms with Gasteiger partial charge in [-0.3, -0.25) is 0 Å². The van der Waals surface area contributed by atoms with Crippen LogP contribution in [-0.2, 0) is 12.8 Å². The molecule has 0 amide bonds. The van der Waals surface area contributed by atoms with Gasteiger partial charge in [0.05, 0.1) is 16.7 Å². The van der Waals surface area contributed by atoms with Crippen molar-refractivity contribution >= 4 is 23.2 Å². The minimum Gasteiger partial charge on any atom is -0.508 e. The summed E-state index contributed by atoms with van der Waals surface area (Å²) in [6.07, 6.45) is 1.77. The van der Waals surface area contributed by atoms with Crippen LogP contribution in [0.25, 0.3) is 0 Å². The van der Waals surface area contributed by atoms with Crippen molar-refractivity contribution in [3.63, 3.8) is 0 Å². The van der Waals surface area contributed by atoms with Crippen LogP contribution in [0.2, 0.25) is 10.0 Å². The second-order valence-electron chi connectivity index (χ2n) is 6.62. The van der Waals surface area contributed by atoms with Crippen molar-refractivity contribution in [2.24, 2.45) is 0 Å². The maximum Gasteiger partial charge on any atom is 0.128 e. The minimum absolute atomic E-state index is 0.0751. The molecule has 1 atom stereocenters. The summed E-state index contributed by atoms with van der Waals surface area (Å²) >= 11 is 13.0. The van der Waals surface area contributed by atoms with E-state index in [4.69, 9.17) is 27.9 Å². The summed E-state index contributed by atoms with van der Waals surface area (Å²) in [6.45, 7) is 2.45. The average Bonchev–Trinajstić information content (AvgIpc) is 2.94. The van der Waals surface area contributed by atoms with Crippen LogP contribution < -0.4 is 4.74 Å². The standard InChI is InChI=1S/C19H19Cl2NO2/c1-22-6-4-11-8-13(23)2-3-14(11)15(10-22)17-18(21)16(20)9-12-5-7-24-19(12)17/h2-3,8-9,15,23H,4-7,10H2,1H3. The molecule has 0 saturated carbocycles. The number of phenols is 1. The monoisotopic (exact) mass is 363 g/mol. The number of fused-ring (bicyclic) bond motifs is 2.